The monoisotopic (exact) mass is 342 g/mol. The molecule has 1 saturated heterocycles. The molecule has 0 aliphatic carbocycles. The van der Waals surface area contributed by atoms with Gasteiger partial charge in [-0.1, -0.05) is 0 Å². The maximum absolute atomic E-state index is 12.9. The molecule has 1 aromatic carbocycles. The highest BCUT2D eigenvalue weighted by Crippen LogP contribution is 2.14. The summed E-state index contributed by atoms with van der Waals surface area (Å²) in [7, 11) is -3.77. The van der Waals surface area contributed by atoms with Crippen molar-refractivity contribution in [3.05, 3.63) is 30.1 Å². The summed E-state index contributed by atoms with van der Waals surface area (Å²) in [5.74, 6) is -0.292. The summed E-state index contributed by atoms with van der Waals surface area (Å²) < 4.78 is 45.2. The minimum Gasteiger partial charge on any atom is -0.377 e. The van der Waals surface area contributed by atoms with Crippen LogP contribution in [0.1, 0.15) is 12.8 Å². The average Bonchev–Trinajstić information content (AvgIpc) is 3.02. The molecule has 2 N–H and O–H groups in total. The first-order valence-corrected chi connectivity index (χ1v) is 8.92. The molecule has 1 fully saturated rings. The van der Waals surface area contributed by atoms with Crippen LogP contribution in [0.4, 0.5) is 4.39 Å². The predicted molar refractivity (Wildman–Crippen MR) is 82.7 cm³/mol. The first-order valence-electron chi connectivity index (χ1n) is 7.43. The maximum atomic E-state index is 12.9. The number of hydrogen-bond donors (Lipinski definition) is 2. The fourth-order valence-corrected chi connectivity index (χ4v) is 3.53. The number of halogens is 1. The number of sulfonamides is 1. The molecular formula is C14H19FN4O3S. The van der Waals surface area contributed by atoms with Gasteiger partial charge in [0.05, 0.1) is 24.3 Å². The van der Waals surface area contributed by atoms with E-state index in [1.807, 2.05) is 4.90 Å². The van der Waals surface area contributed by atoms with E-state index in [1.165, 1.54) is 12.1 Å². The molecule has 0 radical (unpaired) electrons. The molecule has 0 spiro atoms. The number of benzene rings is 1. The lowest BCUT2D eigenvalue weighted by atomic mass is 10.2. The van der Waals surface area contributed by atoms with E-state index in [2.05, 4.69) is 15.0 Å². The minimum absolute atomic E-state index is 0.00909. The van der Waals surface area contributed by atoms with Crippen LogP contribution in [0.25, 0.3) is 0 Å². The fraction of sp³-hybridized carbons (Fsp3) is 0.500. The van der Waals surface area contributed by atoms with Gasteiger partial charge in [-0.15, -0.1) is 0 Å². The molecule has 2 aliphatic heterocycles. The molecule has 9 heteroatoms. The highest BCUT2D eigenvalue weighted by atomic mass is 32.2. The van der Waals surface area contributed by atoms with Gasteiger partial charge < -0.3 is 10.1 Å². The SMILES string of the molecule is O=S(=O)(NC1=NCN(C[C@H]2CCCO2)CN1)c1ccc(F)cc1. The smallest absolute Gasteiger partial charge is 0.264 e. The van der Waals surface area contributed by atoms with Crippen LogP contribution < -0.4 is 10.0 Å². The first kappa shape index (κ1) is 16.2. The van der Waals surface area contributed by atoms with Crippen molar-refractivity contribution in [3.8, 4) is 0 Å². The molecule has 1 atom stereocenters. The van der Waals surface area contributed by atoms with Crippen molar-refractivity contribution in [2.45, 2.75) is 23.8 Å². The van der Waals surface area contributed by atoms with Gasteiger partial charge in [0, 0.05) is 13.2 Å². The minimum atomic E-state index is -3.77. The van der Waals surface area contributed by atoms with Crippen molar-refractivity contribution in [2.24, 2.45) is 4.99 Å². The number of nitrogens with one attached hydrogen (secondary N) is 2. The van der Waals surface area contributed by atoms with E-state index in [0.29, 0.717) is 13.3 Å². The van der Waals surface area contributed by atoms with Gasteiger partial charge in [0.25, 0.3) is 10.0 Å². The second kappa shape index (κ2) is 6.81. The Bertz CT molecular complexity index is 672. The van der Waals surface area contributed by atoms with Gasteiger partial charge in [-0.05, 0) is 37.1 Å². The van der Waals surface area contributed by atoms with Crippen molar-refractivity contribution >= 4 is 16.0 Å². The van der Waals surface area contributed by atoms with Crippen LogP contribution in [0.2, 0.25) is 0 Å². The van der Waals surface area contributed by atoms with E-state index in [4.69, 9.17) is 4.74 Å². The summed E-state index contributed by atoms with van der Waals surface area (Å²) in [6.07, 6.45) is 2.35. The molecule has 3 rings (SSSR count). The molecule has 1 aromatic rings. The number of aliphatic imine (C=N–C) groups is 1. The summed E-state index contributed by atoms with van der Waals surface area (Å²) in [6, 6.07) is 4.64. The third kappa shape index (κ3) is 4.18. The Hall–Kier alpha value is -1.71. The lowest BCUT2D eigenvalue weighted by Crippen LogP contribution is -2.51. The second-order valence-corrected chi connectivity index (χ2v) is 7.21. The van der Waals surface area contributed by atoms with E-state index in [1.54, 1.807) is 0 Å². The summed E-state index contributed by atoms with van der Waals surface area (Å²) in [4.78, 5) is 6.23. The van der Waals surface area contributed by atoms with Gasteiger partial charge in [-0.25, -0.2) is 22.5 Å². The van der Waals surface area contributed by atoms with E-state index in [9.17, 15) is 12.8 Å². The van der Waals surface area contributed by atoms with Gasteiger partial charge >= 0.3 is 0 Å². The third-order valence-corrected chi connectivity index (χ3v) is 5.09. The quantitative estimate of drug-likeness (QED) is 0.831. The van der Waals surface area contributed by atoms with Crippen LogP contribution in [0.3, 0.4) is 0 Å². The number of ether oxygens (including phenoxy) is 1. The fourth-order valence-electron chi connectivity index (χ4n) is 2.53. The summed E-state index contributed by atoms with van der Waals surface area (Å²) >= 11 is 0. The van der Waals surface area contributed by atoms with Crippen molar-refractivity contribution < 1.29 is 17.5 Å². The topological polar surface area (TPSA) is 83.0 Å². The largest absolute Gasteiger partial charge is 0.377 e. The van der Waals surface area contributed by atoms with Gasteiger partial charge in [0.15, 0.2) is 0 Å². The van der Waals surface area contributed by atoms with E-state index in [0.717, 1.165) is 38.1 Å². The van der Waals surface area contributed by atoms with Crippen LogP contribution in [0.5, 0.6) is 0 Å². The Balaban J connectivity index is 1.58. The predicted octanol–water partition coefficient (Wildman–Crippen LogP) is 0.459. The van der Waals surface area contributed by atoms with Gasteiger partial charge in [-0.3, -0.25) is 4.90 Å². The molecule has 0 bridgehead atoms. The van der Waals surface area contributed by atoms with Gasteiger partial charge in [0.1, 0.15) is 5.82 Å². The lowest BCUT2D eigenvalue weighted by molar-refractivity contribution is 0.0714. The molecule has 0 unspecified atom stereocenters. The van der Waals surface area contributed by atoms with Crippen LogP contribution in [-0.4, -0.2) is 51.9 Å². The summed E-state index contributed by atoms with van der Waals surface area (Å²) in [5.41, 5.74) is 0. The maximum Gasteiger partial charge on any atom is 0.264 e. The Morgan fingerprint density at radius 1 is 1.39 bits per heavy atom. The highest BCUT2D eigenvalue weighted by molar-refractivity contribution is 7.90. The molecule has 23 heavy (non-hydrogen) atoms. The Kier molecular flexibility index (Phi) is 4.79. The van der Waals surface area contributed by atoms with Crippen LogP contribution in [0.15, 0.2) is 34.2 Å². The van der Waals surface area contributed by atoms with Crippen molar-refractivity contribution in [1.29, 1.82) is 0 Å². The Labute approximate surface area is 134 Å². The molecule has 2 heterocycles. The van der Waals surface area contributed by atoms with E-state index >= 15 is 0 Å². The zero-order valence-electron chi connectivity index (χ0n) is 12.5. The Morgan fingerprint density at radius 2 is 2.17 bits per heavy atom. The standard InChI is InChI=1S/C14H19FN4O3S/c15-11-3-5-13(6-4-11)23(20,21)18-14-16-9-19(10-17-14)8-12-2-1-7-22-12/h3-6,12H,1-2,7-10H2,(H2,16,17,18)/t12-/m1/s1. The molecule has 0 aromatic heterocycles. The molecule has 2 aliphatic rings. The highest BCUT2D eigenvalue weighted by Gasteiger charge is 2.23. The zero-order chi connectivity index (χ0) is 16.3. The van der Waals surface area contributed by atoms with Crippen molar-refractivity contribution in [1.82, 2.24) is 14.9 Å². The molecule has 0 saturated carbocycles. The lowest BCUT2D eigenvalue weighted by Gasteiger charge is -2.28. The normalized spacial score (nSPS) is 22.5. The van der Waals surface area contributed by atoms with Crippen molar-refractivity contribution in [2.75, 3.05) is 26.5 Å². The zero-order valence-corrected chi connectivity index (χ0v) is 13.4. The molecular weight excluding hydrogens is 323 g/mol. The summed E-state index contributed by atoms with van der Waals surface area (Å²) in [5, 5.41) is 2.94. The number of hydrogen-bond acceptors (Lipinski definition) is 6. The Morgan fingerprint density at radius 3 is 2.78 bits per heavy atom. The number of rotatable bonds is 4. The number of guanidine groups is 1. The number of nitrogens with zero attached hydrogens (tertiary/aromatic N) is 2. The van der Waals surface area contributed by atoms with E-state index < -0.39 is 15.8 Å². The third-order valence-electron chi connectivity index (χ3n) is 3.74. The second-order valence-electron chi connectivity index (χ2n) is 5.53. The molecule has 0 amide bonds. The van der Waals surface area contributed by atoms with E-state index in [-0.39, 0.29) is 17.0 Å². The van der Waals surface area contributed by atoms with Crippen LogP contribution in [0, 0.1) is 5.82 Å². The molecule has 7 nitrogen and oxygen atoms in total. The summed E-state index contributed by atoms with van der Waals surface area (Å²) in [6.45, 7) is 2.46. The first-order chi connectivity index (χ1) is 11.0. The van der Waals surface area contributed by atoms with Gasteiger partial charge in [-0.2, -0.15) is 0 Å². The average molecular weight is 342 g/mol. The van der Waals surface area contributed by atoms with Gasteiger partial charge in [0.2, 0.25) is 5.96 Å². The van der Waals surface area contributed by atoms with Crippen molar-refractivity contribution in [3.63, 3.8) is 0 Å². The molecule has 126 valence electrons. The van der Waals surface area contributed by atoms with Crippen LogP contribution >= 0.6 is 0 Å². The van der Waals surface area contributed by atoms with Crippen LogP contribution in [-0.2, 0) is 14.8 Å².